The smallest absolute Gasteiger partial charge is 0.227 e. The van der Waals surface area contributed by atoms with E-state index in [4.69, 9.17) is 14.2 Å². The summed E-state index contributed by atoms with van der Waals surface area (Å²) in [5.74, 6) is 0.468. The molecule has 0 radical (unpaired) electrons. The zero-order valence-corrected chi connectivity index (χ0v) is 15.8. The van der Waals surface area contributed by atoms with Gasteiger partial charge in [0.2, 0.25) is 5.91 Å². The van der Waals surface area contributed by atoms with Crippen LogP contribution in [0.15, 0.2) is 18.2 Å². The average molecular weight is 347 g/mol. The standard InChI is InChI=1S/C20H29NO4/c1-19(2,3)16-5-6-17(23-4)15(13-16)14-18(22)21-9-7-20(8-10-21)24-11-12-25-20/h5-6,13H,7-12,14H2,1-4H3. The minimum Gasteiger partial charge on any atom is -0.496 e. The van der Waals surface area contributed by atoms with Crippen LogP contribution in [0.1, 0.15) is 44.7 Å². The predicted octanol–water partition coefficient (Wildman–Crippen LogP) is 2.90. The van der Waals surface area contributed by atoms with Gasteiger partial charge in [0.05, 0.1) is 26.7 Å². The number of rotatable bonds is 3. The van der Waals surface area contributed by atoms with E-state index in [1.807, 2.05) is 11.0 Å². The lowest BCUT2D eigenvalue weighted by Crippen LogP contribution is -2.47. The molecule has 0 saturated carbocycles. The molecule has 0 atom stereocenters. The molecule has 0 aliphatic carbocycles. The van der Waals surface area contributed by atoms with Gasteiger partial charge in [0, 0.05) is 31.5 Å². The Morgan fingerprint density at radius 2 is 1.84 bits per heavy atom. The van der Waals surface area contributed by atoms with Crippen molar-refractivity contribution in [2.24, 2.45) is 0 Å². The maximum atomic E-state index is 12.8. The first-order valence-electron chi connectivity index (χ1n) is 9.06. The molecule has 2 heterocycles. The number of ether oxygens (including phenoxy) is 3. The van der Waals surface area contributed by atoms with Crippen LogP contribution in [0.3, 0.4) is 0 Å². The molecule has 3 rings (SSSR count). The van der Waals surface area contributed by atoms with Gasteiger partial charge in [-0.3, -0.25) is 4.79 Å². The Kier molecular flexibility index (Phi) is 5.07. The Hall–Kier alpha value is -1.59. The van der Waals surface area contributed by atoms with Gasteiger partial charge < -0.3 is 19.1 Å². The summed E-state index contributed by atoms with van der Waals surface area (Å²) < 4.78 is 16.9. The third-order valence-electron chi connectivity index (χ3n) is 5.18. The molecule has 2 fully saturated rings. The summed E-state index contributed by atoms with van der Waals surface area (Å²) >= 11 is 0. The lowest BCUT2D eigenvalue weighted by atomic mass is 9.85. The molecule has 1 spiro atoms. The third kappa shape index (κ3) is 3.98. The fraction of sp³-hybridized carbons (Fsp3) is 0.650. The lowest BCUT2D eigenvalue weighted by Gasteiger charge is -2.37. The molecule has 25 heavy (non-hydrogen) atoms. The second kappa shape index (κ2) is 6.96. The minimum atomic E-state index is -0.444. The molecular formula is C20H29NO4. The van der Waals surface area contributed by atoms with E-state index in [1.54, 1.807) is 7.11 Å². The molecule has 5 nitrogen and oxygen atoms in total. The lowest BCUT2D eigenvalue weighted by molar-refractivity contribution is -0.187. The van der Waals surface area contributed by atoms with E-state index < -0.39 is 5.79 Å². The molecule has 1 amide bonds. The van der Waals surface area contributed by atoms with Gasteiger partial charge in [-0.2, -0.15) is 0 Å². The molecule has 5 heteroatoms. The van der Waals surface area contributed by atoms with Gasteiger partial charge in [-0.15, -0.1) is 0 Å². The summed E-state index contributed by atoms with van der Waals surface area (Å²) in [5, 5.41) is 0. The van der Waals surface area contributed by atoms with E-state index in [0.29, 0.717) is 32.7 Å². The Morgan fingerprint density at radius 1 is 1.20 bits per heavy atom. The number of hydrogen-bond donors (Lipinski definition) is 0. The second-order valence-electron chi connectivity index (χ2n) is 7.94. The fourth-order valence-corrected chi connectivity index (χ4v) is 3.54. The van der Waals surface area contributed by atoms with Crippen molar-refractivity contribution in [2.75, 3.05) is 33.4 Å². The first-order valence-corrected chi connectivity index (χ1v) is 9.06. The number of hydrogen-bond acceptors (Lipinski definition) is 4. The largest absolute Gasteiger partial charge is 0.496 e. The predicted molar refractivity (Wildman–Crippen MR) is 95.8 cm³/mol. The first-order chi connectivity index (χ1) is 11.8. The Balaban J connectivity index is 1.68. The fourth-order valence-electron chi connectivity index (χ4n) is 3.54. The van der Waals surface area contributed by atoms with Crippen molar-refractivity contribution < 1.29 is 19.0 Å². The summed E-state index contributed by atoms with van der Waals surface area (Å²) in [6.45, 7) is 9.19. The van der Waals surface area contributed by atoms with Crippen molar-refractivity contribution >= 4 is 5.91 Å². The van der Waals surface area contributed by atoms with Gasteiger partial charge in [-0.25, -0.2) is 0 Å². The molecular weight excluding hydrogens is 318 g/mol. The van der Waals surface area contributed by atoms with E-state index >= 15 is 0 Å². The van der Waals surface area contributed by atoms with Crippen molar-refractivity contribution in [1.29, 1.82) is 0 Å². The maximum Gasteiger partial charge on any atom is 0.227 e. The van der Waals surface area contributed by atoms with E-state index in [1.165, 1.54) is 5.56 Å². The molecule has 1 aromatic rings. The molecule has 2 aliphatic rings. The van der Waals surface area contributed by atoms with Crippen molar-refractivity contribution in [3.05, 3.63) is 29.3 Å². The first kappa shape index (κ1) is 18.2. The van der Waals surface area contributed by atoms with Gasteiger partial charge >= 0.3 is 0 Å². The van der Waals surface area contributed by atoms with E-state index in [-0.39, 0.29) is 11.3 Å². The average Bonchev–Trinajstić information content (AvgIpc) is 3.02. The van der Waals surface area contributed by atoms with E-state index in [2.05, 4.69) is 32.9 Å². The topological polar surface area (TPSA) is 48.0 Å². The van der Waals surface area contributed by atoms with E-state index in [0.717, 1.165) is 24.2 Å². The third-order valence-corrected chi connectivity index (χ3v) is 5.18. The number of carbonyl (C=O) groups excluding carboxylic acids is 1. The number of carbonyl (C=O) groups is 1. The highest BCUT2D eigenvalue weighted by molar-refractivity contribution is 5.79. The van der Waals surface area contributed by atoms with Gasteiger partial charge in [0.15, 0.2) is 5.79 Å². The molecule has 0 bridgehead atoms. The van der Waals surface area contributed by atoms with Crippen molar-refractivity contribution in [3.8, 4) is 5.75 Å². The number of likely N-dealkylation sites (tertiary alicyclic amines) is 1. The van der Waals surface area contributed by atoms with Crippen LogP contribution in [0, 0.1) is 0 Å². The minimum absolute atomic E-state index is 0.0404. The van der Waals surface area contributed by atoms with Crippen LogP contribution >= 0.6 is 0 Å². The Bertz CT molecular complexity index is 619. The number of piperidine rings is 1. The Labute approximate surface area is 150 Å². The van der Waals surface area contributed by atoms with Crippen LogP contribution in [-0.4, -0.2) is 50.0 Å². The van der Waals surface area contributed by atoms with Crippen LogP contribution in [0.4, 0.5) is 0 Å². The van der Waals surface area contributed by atoms with Gasteiger partial charge in [-0.1, -0.05) is 32.9 Å². The van der Waals surface area contributed by atoms with Crippen LogP contribution < -0.4 is 4.74 Å². The number of nitrogens with zero attached hydrogens (tertiary/aromatic N) is 1. The van der Waals surface area contributed by atoms with Crippen LogP contribution in [-0.2, 0) is 26.1 Å². The zero-order valence-electron chi connectivity index (χ0n) is 15.8. The summed E-state index contributed by atoms with van der Waals surface area (Å²) in [5.41, 5.74) is 2.20. The summed E-state index contributed by atoms with van der Waals surface area (Å²) in [6, 6.07) is 6.15. The van der Waals surface area contributed by atoms with Gasteiger partial charge in [0.1, 0.15) is 5.75 Å². The quantitative estimate of drug-likeness (QED) is 0.843. The Morgan fingerprint density at radius 3 is 2.40 bits per heavy atom. The van der Waals surface area contributed by atoms with Crippen LogP contribution in [0.2, 0.25) is 0 Å². The van der Waals surface area contributed by atoms with Gasteiger partial charge in [0.25, 0.3) is 0 Å². The zero-order chi connectivity index (χ0) is 18.1. The number of amides is 1. The molecule has 2 aliphatic heterocycles. The highest BCUT2D eigenvalue weighted by Crippen LogP contribution is 2.32. The molecule has 0 aromatic heterocycles. The van der Waals surface area contributed by atoms with Gasteiger partial charge in [-0.05, 0) is 17.0 Å². The normalized spacial score (nSPS) is 20.1. The molecule has 2 saturated heterocycles. The summed E-state index contributed by atoms with van der Waals surface area (Å²) in [6.07, 6.45) is 1.86. The maximum absolute atomic E-state index is 12.8. The number of benzene rings is 1. The molecule has 1 aromatic carbocycles. The van der Waals surface area contributed by atoms with Crippen molar-refractivity contribution in [1.82, 2.24) is 4.90 Å². The highest BCUT2D eigenvalue weighted by atomic mass is 16.7. The summed E-state index contributed by atoms with van der Waals surface area (Å²) in [7, 11) is 1.65. The monoisotopic (exact) mass is 347 g/mol. The highest BCUT2D eigenvalue weighted by Gasteiger charge is 2.40. The SMILES string of the molecule is COc1ccc(C(C)(C)C)cc1CC(=O)N1CCC2(CC1)OCCO2. The van der Waals surface area contributed by atoms with Crippen molar-refractivity contribution in [3.63, 3.8) is 0 Å². The molecule has 0 N–H and O–H groups in total. The van der Waals surface area contributed by atoms with Crippen LogP contribution in [0.5, 0.6) is 5.75 Å². The van der Waals surface area contributed by atoms with E-state index in [9.17, 15) is 4.79 Å². The summed E-state index contributed by atoms with van der Waals surface area (Å²) in [4.78, 5) is 14.7. The van der Waals surface area contributed by atoms with Crippen LogP contribution in [0.25, 0.3) is 0 Å². The van der Waals surface area contributed by atoms with Crippen molar-refractivity contribution in [2.45, 2.75) is 51.2 Å². The molecule has 138 valence electrons. The molecule has 0 unspecified atom stereocenters. The second-order valence-corrected chi connectivity index (χ2v) is 7.94. The number of methoxy groups -OCH3 is 1.